The second kappa shape index (κ2) is 8.33. The first-order chi connectivity index (χ1) is 11.2. The highest BCUT2D eigenvalue weighted by molar-refractivity contribution is 7.10. The third-order valence-corrected chi connectivity index (χ3v) is 3.89. The minimum atomic E-state index is -0.256. The SMILES string of the molecule is CCOC(=O)Cc1csc(/C=C/c2ccc(OC)c(OC)c2)n1. The Morgan fingerprint density at radius 3 is 2.70 bits per heavy atom. The Kier molecular flexibility index (Phi) is 6.17. The summed E-state index contributed by atoms with van der Waals surface area (Å²) in [4.78, 5) is 15.8. The van der Waals surface area contributed by atoms with Gasteiger partial charge in [0, 0.05) is 5.38 Å². The molecular weight excluding hydrogens is 314 g/mol. The van der Waals surface area contributed by atoms with Gasteiger partial charge in [-0.1, -0.05) is 12.1 Å². The monoisotopic (exact) mass is 333 g/mol. The lowest BCUT2D eigenvalue weighted by molar-refractivity contribution is -0.142. The van der Waals surface area contributed by atoms with Crippen molar-refractivity contribution in [2.45, 2.75) is 13.3 Å². The molecule has 122 valence electrons. The van der Waals surface area contributed by atoms with E-state index in [1.165, 1.54) is 11.3 Å². The van der Waals surface area contributed by atoms with Crippen LogP contribution in [-0.4, -0.2) is 31.8 Å². The van der Waals surface area contributed by atoms with E-state index in [1.54, 1.807) is 21.1 Å². The Bertz CT molecular complexity index is 694. The molecule has 0 bridgehead atoms. The number of hydrogen-bond acceptors (Lipinski definition) is 6. The first-order valence-corrected chi connectivity index (χ1v) is 8.04. The summed E-state index contributed by atoms with van der Waals surface area (Å²) in [6, 6.07) is 5.68. The molecule has 1 heterocycles. The Labute approximate surface area is 139 Å². The molecule has 5 nitrogen and oxygen atoms in total. The molecule has 0 unspecified atom stereocenters. The first kappa shape index (κ1) is 17.0. The average Bonchev–Trinajstić information content (AvgIpc) is 3.00. The molecule has 1 aromatic heterocycles. The number of carbonyl (C=O) groups excluding carboxylic acids is 1. The zero-order valence-corrected chi connectivity index (χ0v) is 14.2. The Morgan fingerprint density at radius 2 is 2.00 bits per heavy atom. The zero-order chi connectivity index (χ0) is 16.7. The van der Waals surface area contributed by atoms with Gasteiger partial charge in [0.05, 0.1) is 32.9 Å². The molecule has 0 N–H and O–H groups in total. The van der Waals surface area contributed by atoms with Crippen molar-refractivity contribution >= 4 is 29.5 Å². The molecule has 0 aliphatic carbocycles. The van der Waals surface area contributed by atoms with E-state index in [2.05, 4.69) is 4.98 Å². The van der Waals surface area contributed by atoms with Crippen LogP contribution in [0.1, 0.15) is 23.2 Å². The lowest BCUT2D eigenvalue weighted by atomic mass is 10.2. The minimum Gasteiger partial charge on any atom is -0.493 e. The fourth-order valence-corrected chi connectivity index (χ4v) is 2.67. The van der Waals surface area contributed by atoms with Crippen molar-refractivity contribution in [3.8, 4) is 11.5 Å². The number of ether oxygens (including phenoxy) is 3. The summed E-state index contributed by atoms with van der Waals surface area (Å²) in [5.74, 6) is 1.11. The van der Waals surface area contributed by atoms with Gasteiger partial charge < -0.3 is 14.2 Å². The Morgan fingerprint density at radius 1 is 1.22 bits per heavy atom. The number of carbonyl (C=O) groups is 1. The number of hydrogen-bond donors (Lipinski definition) is 0. The van der Waals surface area contributed by atoms with E-state index in [0.29, 0.717) is 18.1 Å². The minimum absolute atomic E-state index is 0.203. The smallest absolute Gasteiger partial charge is 0.311 e. The summed E-state index contributed by atoms with van der Waals surface area (Å²) in [5, 5.41) is 2.70. The zero-order valence-electron chi connectivity index (χ0n) is 13.4. The van der Waals surface area contributed by atoms with Crippen molar-refractivity contribution in [1.29, 1.82) is 0 Å². The summed E-state index contributed by atoms with van der Waals surface area (Å²) in [6.45, 7) is 2.17. The van der Waals surface area contributed by atoms with Crippen LogP contribution in [0.2, 0.25) is 0 Å². The molecule has 0 saturated heterocycles. The number of esters is 1. The lowest BCUT2D eigenvalue weighted by Crippen LogP contribution is -2.07. The molecule has 1 aromatic carbocycles. The number of aromatic nitrogens is 1. The quantitative estimate of drug-likeness (QED) is 0.727. The maximum atomic E-state index is 11.4. The standard InChI is InChI=1S/C17H19NO4S/c1-4-22-17(19)10-13-11-23-16(18-13)8-6-12-5-7-14(20-2)15(9-12)21-3/h5-9,11H,4,10H2,1-3H3/b8-6+. The Balaban J connectivity index is 2.06. The molecule has 0 aliphatic heterocycles. The van der Waals surface area contributed by atoms with Gasteiger partial charge in [-0.3, -0.25) is 4.79 Å². The van der Waals surface area contributed by atoms with Crippen LogP contribution in [0.3, 0.4) is 0 Å². The number of methoxy groups -OCH3 is 2. The van der Waals surface area contributed by atoms with E-state index >= 15 is 0 Å². The highest BCUT2D eigenvalue weighted by atomic mass is 32.1. The van der Waals surface area contributed by atoms with Gasteiger partial charge in [-0.25, -0.2) is 4.98 Å². The molecule has 2 rings (SSSR count). The van der Waals surface area contributed by atoms with E-state index in [4.69, 9.17) is 14.2 Å². The molecule has 0 saturated carbocycles. The molecule has 2 aromatic rings. The van der Waals surface area contributed by atoms with Gasteiger partial charge in [0.25, 0.3) is 0 Å². The van der Waals surface area contributed by atoms with Gasteiger partial charge >= 0.3 is 5.97 Å². The van der Waals surface area contributed by atoms with E-state index in [-0.39, 0.29) is 12.4 Å². The van der Waals surface area contributed by atoms with E-state index < -0.39 is 0 Å². The number of rotatable bonds is 7. The van der Waals surface area contributed by atoms with Crippen LogP contribution < -0.4 is 9.47 Å². The van der Waals surface area contributed by atoms with Crippen LogP contribution in [-0.2, 0) is 16.0 Å². The van der Waals surface area contributed by atoms with Crippen LogP contribution in [0.25, 0.3) is 12.2 Å². The fourth-order valence-electron chi connectivity index (χ4n) is 1.96. The van der Waals surface area contributed by atoms with Gasteiger partial charge in [-0.05, 0) is 30.7 Å². The number of benzene rings is 1. The topological polar surface area (TPSA) is 57.7 Å². The molecule has 0 aliphatic rings. The van der Waals surface area contributed by atoms with Crippen LogP contribution in [0.5, 0.6) is 11.5 Å². The average molecular weight is 333 g/mol. The van der Waals surface area contributed by atoms with Crippen molar-refractivity contribution in [2.24, 2.45) is 0 Å². The molecule has 6 heteroatoms. The fraction of sp³-hybridized carbons (Fsp3) is 0.294. The van der Waals surface area contributed by atoms with Gasteiger partial charge in [0.1, 0.15) is 5.01 Å². The maximum Gasteiger partial charge on any atom is 0.311 e. The molecular formula is C17H19NO4S. The molecule has 0 atom stereocenters. The normalized spacial score (nSPS) is 10.7. The van der Waals surface area contributed by atoms with E-state index in [9.17, 15) is 4.79 Å². The molecule has 0 radical (unpaired) electrons. The third kappa shape index (κ3) is 4.82. The van der Waals surface area contributed by atoms with Crippen LogP contribution in [0, 0.1) is 0 Å². The van der Waals surface area contributed by atoms with E-state index in [0.717, 1.165) is 16.3 Å². The van der Waals surface area contributed by atoms with Gasteiger partial charge in [-0.2, -0.15) is 0 Å². The van der Waals surface area contributed by atoms with Crippen molar-refractivity contribution in [1.82, 2.24) is 4.98 Å². The number of nitrogens with zero attached hydrogens (tertiary/aromatic N) is 1. The van der Waals surface area contributed by atoms with E-state index in [1.807, 2.05) is 35.7 Å². The van der Waals surface area contributed by atoms with Crippen molar-refractivity contribution in [3.63, 3.8) is 0 Å². The predicted octanol–water partition coefficient (Wildman–Crippen LogP) is 3.44. The molecule has 0 spiro atoms. The highest BCUT2D eigenvalue weighted by Gasteiger charge is 2.07. The van der Waals surface area contributed by atoms with Crippen LogP contribution in [0.15, 0.2) is 23.6 Å². The largest absolute Gasteiger partial charge is 0.493 e. The van der Waals surface area contributed by atoms with Gasteiger partial charge in [-0.15, -0.1) is 11.3 Å². The second-order valence-electron chi connectivity index (χ2n) is 4.61. The summed E-state index contributed by atoms with van der Waals surface area (Å²) >= 11 is 1.48. The van der Waals surface area contributed by atoms with Crippen molar-refractivity contribution in [3.05, 3.63) is 39.8 Å². The molecule has 23 heavy (non-hydrogen) atoms. The van der Waals surface area contributed by atoms with Crippen molar-refractivity contribution in [2.75, 3.05) is 20.8 Å². The van der Waals surface area contributed by atoms with Crippen molar-refractivity contribution < 1.29 is 19.0 Å². The number of thiazole rings is 1. The lowest BCUT2D eigenvalue weighted by Gasteiger charge is -2.07. The maximum absolute atomic E-state index is 11.4. The summed E-state index contributed by atoms with van der Waals surface area (Å²) in [7, 11) is 3.21. The summed E-state index contributed by atoms with van der Waals surface area (Å²) in [6.07, 6.45) is 4.05. The molecule has 0 amide bonds. The first-order valence-electron chi connectivity index (χ1n) is 7.16. The predicted molar refractivity (Wildman–Crippen MR) is 90.9 cm³/mol. The second-order valence-corrected chi connectivity index (χ2v) is 5.50. The molecule has 0 fully saturated rings. The summed E-state index contributed by atoms with van der Waals surface area (Å²) < 4.78 is 15.4. The van der Waals surface area contributed by atoms with Gasteiger partial charge in [0.2, 0.25) is 0 Å². The third-order valence-electron chi connectivity index (χ3n) is 3.03. The summed E-state index contributed by atoms with van der Waals surface area (Å²) in [5.41, 5.74) is 1.70. The van der Waals surface area contributed by atoms with Crippen LogP contribution in [0.4, 0.5) is 0 Å². The highest BCUT2D eigenvalue weighted by Crippen LogP contribution is 2.28. The van der Waals surface area contributed by atoms with Crippen LogP contribution >= 0.6 is 11.3 Å². The Hall–Kier alpha value is -2.34. The van der Waals surface area contributed by atoms with Gasteiger partial charge in [0.15, 0.2) is 11.5 Å².